The van der Waals surface area contributed by atoms with Gasteiger partial charge in [-0.05, 0) is 32.0 Å². The van der Waals surface area contributed by atoms with Crippen molar-refractivity contribution in [3.63, 3.8) is 0 Å². The van der Waals surface area contributed by atoms with E-state index in [4.69, 9.17) is 27.9 Å². The molecule has 0 spiro atoms. The summed E-state index contributed by atoms with van der Waals surface area (Å²) in [6.07, 6.45) is 1.92. The fraction of sp³-hybridized carbons (Fsp3) is 0.357. The lowest BCUT2D eigenvalue weighted by molar-refractivity contribution is 0.190. The molecule has 0 amide bonds. The molecule has 0 aliphatic carbocycles. The van der Waals surface area contributed by atoms with Gasteiger partial charge in [-0.2, -0.15) is 0 Å². The highest BCUT2D eigenvalue weighted by Crippen LogP contribution is 2.27. The van der Waals surface area contributed by atoms with Crippen LogP contribution >= 0.6 is 23.2 Å². The number of rotatable bonds is 5. The Kier molecular flexibility index (Phi) is 4.91. The van der Waals surface area contributed by atoms with Gasteiger partial charge in [0.15, 0.2) is 0 Å². The maximum absolute atomic E-state index is 6.25. The van der Waals surface area contributed by atoms with E-state index in [1.165, 1.54) is 0 Å². The molecule has 0 aliphatic heterocycles. The van der Waals surface area contributed by atoms with Gasteiger partial charge >= 0.3 is 0 Å². The predicted octanol–water partition coefficient (Wildman–Crippen LogP) is 3.93. The van der Waals surface area contributed by atoms with Crippen molar-refractivity contribution in [1.82, 2.24) is 9.55 Å². The van der Waals surface area contributed by atoms with Crippen molar-refractivity contribution in [2.24, 2.45) is 0 Å². The summed E-state index contributed by atoms with van der Waals surface area (Å²) in [5, 5.41) is 4.55. The van der Waals surface area contributed by atoms with Gasteiger partial charge in [-0.25, -0.2) is 4.98 Å². The van der Waals surface area contributed by atoms with E-state index >= 15 is 0 Å². The average molecular weight is 314 g/mol. The van der Waals surface area contributed by atoms with Crippen LogP contribution in [0.4, 0.5) is 5.95 Å². The highest BCUT2D eigenvalue weighted by molar-refractivity contribution is 6.34. The first-order valence-electron chi connectivity index (χ1n) is 6.28. The van der Waals surface area contributed by atoms with Crippen LogP contribution in [0.2, 0.25) is 10.0 Å². The number of halogens is 2. The lowest BCUT2D eigenvalue weighted by atomic mass is 10.3. The predicted molar refractivity (Wildman–Crippen MR) is 83.3 cm³/mol. The molecule has 108 valence electrons. The third-order valence-corrected chi connectivity index (χ3v) is 3.34. The monoisotopic (exact) mass is 313 g/mol. The van der Waals surface area contributed by atoms with Crippen LogP contribution in [0.1, 0.15) is 12.6 Å². The summed E-state index contributed by atoms with van der Waals surface area (Å²) in [6.45, 7) is 4.55. The molecule has 6 heteroatoms. The van der Waals surface area contributed by atoms with Crippen LogP contribution in [-0.4, -0.2) is 29.3 Å². The Morgan fingerprint density at radius 3 is 2.85 bits per heavy atom. The van der Waals surface area contributed by atoms with Gasteiger partial charge in [-0.15, -0.1) is 0 Å². The zero-order valence-corrected chi connectivity index (χ0v) is 13.2. The minimum absolute atomic E-state index is 0.138. The number of ether oxygens (including phenoxy) is 1. The number of benzene rings is 1. The van der Waals surface area contributed by atoms with Gasteiger partial charge in [-0.1, -0.05) is 23.2 Å². The molecule has 20 heavy (non-hydrogen) atoms. The molecule has 1 aromatic carbocycles. The average Bonchev–Trinajstić information content (AvgIpc) is 2.73. The molecule has 0 saturated carbocycles. The summed E-state index contributed by atoms with van der Waals surface area (Å²) in [4.78, 5) is 4.47. The Morgan fingerprint density at radius 2 is 2.15 bits per heavy atom. The number of nitrogens with one attached hydrogen (secondary N) is 1. The Bertz CT molecular complexity index is 598. The maximum atomic E-state index is 6.25. The Labute approximate surface area is 128 Å². The molecule has 1 atom stereocenters. The summed E-state index contributed by atoms with van der Waals surface area (Å²) < 4.78 is 7.02. The Balaban J connectivity index is 2.38. The van der Waals surface area contributed by atoms with Crippen LogP contribution in [0.5, 0.6) is 0 Å². The highest BCUT2D eigenvalue weighted by atomic mass is 35.5. The molecule has 0 radical (unpaired) electrons. The van der Waals surface area contributed by atoms with E-state index in [9.17, 15) is 0 Å². The number of imidazole rings is 1. The van der Waals surface area contributed by atoms with Crippen LogP contribution in [0.25, 0.3) is 5.69 Å². The zero-order valence-electron chi connectivity index (χ0n) is 11.7. The van der Waals surface area contributed by atoms with Gasteiger partial charge in [-0.3, -0.25) is 4.57 Å². The van der Waals surface area contributed by atoms with Crippen LogP contribution in [0, 0.1) is 6.92 Å². The second kappa shape index (κ2) is 6.48. The summed E-state index contributed by atoms with van der Waals surface area (Å²) in [5.41, 5.74) is 1.69. The molecular formula is C14H17Cl2N3O. The third-order valence-electron chi connectivity index (χ3n) is 2.79. The molecule has 1 aromatic heterocycles. The molecule has 2 aromatic rings. The van der Waals surface area contributed by atoms with E-state index < -0.39 is 0 Å². The molecule has 0 aliphatic rings. The highest BCUT2D eigenvalue weighted by Gasteiger charge is 2.13. The van der Waals surface area contributed by atoms with Crippen LogP contribution < -0.4 is 5.32 Å². The van der Waals surface area contributed by atoms with Crippen molar-refractivity contribution in [2.75, 3.05) is 19.0 Å². The smallest absolute Gasteiger partial charge is 0.208 e. The van der Waals surface area contributed by atoms with E-state index in [1.54, 1.807) is 19.2 Å². The molecular weight excluding hydrogens is 297 g/mol. The van der Waals surface area contributed by atoms with E-state index in [1.807, 2.05) is 30.7 Å². The van der Waals surface area contributed by atoms with Crippen molar-refractivity contribution >= 4 is 29.2 Å². The minimum atomic E-state index is 0.138. The van der Waals surface area contributed by atoms with Crippen LogP contribution in [-0.2, 0) is 4.74 Å². The van der Waals surface area contributed by atoms with Crippen molar-refractivity contribution in [3.05, 3.63) is 40.1 Å². The topological polar surface area (TPSA) is 39.1 Å². The summed E-state index contributed by atoms with van der Waals surface area (Å²) in [5.74, 6) is 0.719. The molecule has 2 rings (SSSR count). The molecule has 1 heterocycles. The largest absolute Gasteiger partial charge is 0.383 e. The first-order chi connectivity index (χ1) is 9.51. The van der Waals surface area contributed by atoms with Crippen LogP contribution in [0.3, 0.4) is 0 Å². The zero-order chi connectivity index (χ0) is 14.7. The number of hydrogen-bond donors (Lipinski definition) is 1. The number of aryl methyl sites for hydroxylation is 1. The SMILES string of the molecule is COCC(C)Nc1nc(C)cn1-c1cc(Cl)ccc1Cl. The number of anilines is 1. The van der Waals surface area contributed by atoms with Gasteiger partial charge in [0.1, 0.15) is 0 Å². The number of nitrogens with zero attached hydrogens (tertiary/aromatic N) is 2. The van der Waals surface area contributed by atoms with Crippen molar-refractivity contribution in [1.29, 1.82) is 0 Å². The van der Waals surface area contributed by atoms with Gasteiger partial charge < -0.3 is 10.1 Å². The van der Waals surface area contributed by atoms with Crippen LogP contribution in [0.15, 0.2) is 24.4 Å². The fourth-order valence-electron chi connectivity index (χ4n) is 1.97. The second-order valence-corrected chi connectivity index (χ2v) is 5.52. The molecule has 0 fully saturated rings. The van der Waals surface area contributed by atoms with Crippen molar-refractivity contribution in [2.45, 2.75) is 19.9 Å². The number of methoxy groups -OCH3 is 1. The standard InChI is InChI=1S/C14H17Cl2N3O/c1-9-7-19(13-6-11(15)4-5-12(13)16)14(17-9)18-10(2)8-20-3/h4-7,10H,8H2,1-3H3,(H,17,18). The van der Waals surface area contributed by atoms with Crippen molar-refractivity contribution in [3.8, 4) is 5.69 Å². The molecule has 4 nitrogen and oxygen atoms in total. The molecule has 1 unspecified atom stereocenters. The van der Waals surface area contributed by atoms with Crippen molar-refractivity contribution < 1.29 is 4.74 Å². The first kappa shape index (κ1) is 15.2. The lowest BCUT2D eigenvalue weighted by Crippen LogP contribution is -2.22. The third kappa shape index (κ3) is 3.45. The summed E-state index contributed by atoms with van der Waals surface area (Å²) >= 11 is 12.3. The maximum Gasteiger partial charge on any atom is 0.208 e. The number of aromatic nitrogens is 2. The quantitative estimate of drug-likeness (QED) is 0.909. The summed E-state index contributed by atoms with van der Waals surface area (Å²) in [7, 11) is 1.67. The number of hydrogen-bond acceptors (Lipinski definition) is 3. The minimum Gasteiger partial charge on any atom is -0.383 e. The Hall–Kier alpha value is -1.23. The molecule has 0 saturated heterocycles. The summed E-state index contributed by atoms with van der Waals surface area (Å²) in [6, 6.07) is 5.49. The normalized spacial score (nSPS) is 12.4. The van der Waals surface area contributed by atoms with Gasteiger partial charge in [0.05, 0.1) is 23.0 Å². The Morgan fingerprint density at radius 1 is 1.40 bits per heavy atom. The second-order valence-electron chi connectivity index (χ2n) is 4.67. The van der Waals surface area contributed by atoms with Gasteiger partial charge in [0.2, 0.25) is 5.95 Å². The van der Waals surface area contributed by atoms with E-state index in [0.29, 0.717) is 16.7 Å². The molecule has 1 N–H and O–H groups in total. The fourth-order valence-corrected chi connectivity index (χ4v) is 2.34. The van der Waals surface area contributed by atoms with E-state index in [-0.39, 0.29) is 6.04 Å². The lowest BCUT2D eigenvalue weighted by Gasteiger charge is -2.16. The van der Waals surface area contributed by atoms with E-state index in [0.717, 1.165) is 17.3 Å². The molecule has 0 bridgehead atoms. The van der Waals surface area contributed by atoms with Gasteiger partial charge in [0.25, 0.3) is 0 Å². The van der Waals surface area contributed by atoms with Gasteiger partial charge in [0, 0.05) is 24.4 Å². The van der Waals surface area contributed by atoms with E-state index in [2.05, 4.69) is 10.3 Å². The first-order valence-corrected chi connectivity index (χ1v) is 7.03.